The van der Waals surface area contributed by atoms with Crippen molar-refractivity contribution in [2.45, 2.75) is 13.1 Å². The van der Waals surface area contributed by atoms with Crippen molar-refractivity contribution in [3.05, 3.63) is 90.4 Å². The van der Waals surface area contributed by atoms with Crippen LogP contribution in [0.15, 0.2) is 79.3 Å². The van der Waals surface area contributed by atoms with Crippen molar-refractivity contribution >= 4 is 40.5 Å². The molecule has 0 saturated heterocycles. The Morgan fingerprint density at radius 1 is 0.771 bits per heavy atom. The van der Waals surface area contributed by atoms with Crippen molar-refractivity contribution in [1.82, 2.24) is 15.0 Å². The average molecular weight is 479 g/mol. The molecule has 11 heteroatoms. The molecule has 2 aromatic carbocycles. The van der Waals surface area contributed by atoms with Gasteiger partial charge in [-0.25, -0.2) is 19.7 Å². The fourth-order valence-corrected chi connectivity index (χ4v) is 3.14. The van der Waals surface area contributed by atoms with Crippen molar-refractivity contribution in [2.75, 3.05) is 21.3 Å². The number of alkyl halides is 3. The Balaban J connectivity index is 1.37. The number of halogens is 3. The lowest BCUT2D eigenvalue weighted by molar-refractivity contribution is -0.136. The number of nitrogens with one attached hydrogen (secondary N) is 4. The largest absolute Gasteiger partial charge is 0.418 e. The van der Waals surface area contributed by atoms with Crippen LogP contribution >= 0.6 is 0 Å². The summed E-state index contributed by atoms with van der Waals surface area (Å²) in [6.07, 6.45) is -1.48. The van der Waals surface area contributed by atoms with Gasteiger partial charge in [0.1, 0.15) is 23.8 Å². The second-order valence-corrected chi connectivity index (χ2v) is 7.46. The Labute approximate surface area is 198 Å². The van der Waals surface area contributed by atoms with Crippen LogP contribution < -0.4 is 21.3 Å². The first-order valence-electron chi connectivity index (χ1n) is 10.4. The highest BCUT2D eigenvalue weighted by Gasteiger charge is 2.33. The molecule has 35 heavy (non-hydrogen) atoms. The van der Waals surface area contributed by atoms with Crippen LogP contribution in [0, 0.1) is 6.92 Å². The number of amides is 2. The zero-order chi connectivity index (χ0) is 24.8. The number of benzene rings is 2. The van der Waals surface area contributed by atoms with E-state index in [1.54, 1.807) is 36.5 Å². The monoisotopic (exact) mass is 479 g/mol. The van der Waals surface area contributed by atoms with Gasteiger partial charge in [0.2, 0.25) is 0 Å². The first kappa shape index (κ1) is 23.5. The van der Waals surface area contributed by atoms with Crippen LogP contribution in [-0.4, -0.2) is 21.0 Å². The summed E-state index contributed by atoms with van der Waals surface area (Å²) in [6, 6.07) is 16.1. The number of nitrogens with zero attached hydrogens (tertiary/aromatic N) is 3. The fourth-order valence-electron chi connectivity index (χ4n) is 3.14. The summed E-state index contributed by atoms with van der Waals surface area (Å²) in [5.41, 5.74) is 0.878. The van der Waals surface area contributed by atoms with Crippen molar-refractivity contribution in [3.63, 3.8) is 0 Å². The highest BCUT2D eigenvalue weighted by molar-refractivity contribution is 6.00. The maximum atomic E-state index is 13.1. The smallest absolute Gasteiger partial charge is 0.340 e. The molecule has 0 radical (unpaired) electrons. The van der Waals surface area contributed by atoms with E-state index in [1.165, 1.54) is 24.5 Å². The van der Waals surface area contributed by atoms with Gasteiger partial charge in [0.25, 0.3) is 0 Å². The van der Waals surface area contributed by atoms with Gasteiger partial charge in [0, 0.05) is 23.6 Å². The number of carbonyl (C=O) groups is 1. The molecular formula is C24H20F3N7O. The van der Waals surface area contributed by atoms with Gasteiger partial charge in [-0.15, -0.1) is 0 Å². The van der Waals surface area contributed by atoms with Crippen LogP contribution in [0.1, 0.15) is 11.1 Å². The molecule has 0 aliphatic carbocycles. The van der Waals surface area contributed by atoms with Crippen molar-refractivity contribution in [2.24, 2.45) is 0 Å². The zero-order valence-corrected chi connectivity index (χ0v) is 18.4. The molecule has 0 atom stereocenters. The number of anilines is 6. The molecule has 0 bridgehead atoms. The lowest BCUT2D eigenvalue weighted by Crippen LogP contribution is -2.21. The van der Waals surface area contributed by atoms with Crippen LogP contribution in [-0.2, 0) is 6.18 Å². The summed E-state index contributed by atoms with van der Waals surface area (Å²) >= 11 is 0. The van der Waals surface area contributed by atoms with E-state index in [0.29, 0.717) is 28.8 Å². The number of rotatable bonds is 6. The standard InChI is InChI=1S/C24H20F3N7O/c1-15-10-11-28-20(12-15)34-22-13-21(29-14-30-22)31-16-6-8-17(9-7-16)32-23(35)33-19-5-3-2-4-18(19)24(25,26)27/h2-14H,1H3,(H2,32,33,35)(H2,28,29,30,31,34). The summed E-state index contributed by atoms with van der Waals surface area (Å²) in [5.74, 6) is 1.73. The van der Waals surface area contributed by atoms with Gasteiger partial charge < -0.3 is 21.3 Å². The minimum atomic E-state index is -4.58. The van der Waals surface area contributed by atoms with E-state index in [9.17, 15) is 18.0 Å². The van der Waals surface area contributed by atoms with E-state index < -0.39 is 17.8 Å². The predicted molar refractivity (Wildman–Crippen MR) is 128 cm³/mol. The number of carbonyl (C=O) groups excluding carboxylic acids is 1. The summed E-state index contributed by atoms with van der Waals surface area (Å²) in [4.78, 5) is 24.8. The lowest BCUT2D eigenvalue weighted by Gasteiger charge is -2.14. The Hall–Kier alpha value is -4.67. The van der Waals surface area contributed by atoms with Gasteiger partial charge in [0.15, 0.2) is 0 Å². The summed E-state index contributed by atoms with van der Waals surface area (Å²) < 4.78 is 39.3. The summed E-state index contributed by atoms with van der Waals surface area (Å²) in [5, 5.41) is 11.0. The third kappa shape index (κ3) is 6.44. The van der Waals surface area contributed by atoms with Gasteiger partial charge in [-0.1, -0.05) is 12.1 Å². The van der Waals surface area contributed by atoms with Crippen molar-refractivity contribution < 1.29 is 18.0 Å². The van der Waals surface area contributed by atoms with E-state index in [2.05, 4.69) is 36.2 Å². The first-order valence-corrected chi connectivity index (χ1v) is 10.4. The normalized spacial score (nSPS) is 11.0. The quantitative estimate of drug-likeness (QED) is 0.258. The molecule has 0 fully saturated rings. The lowest BCUT2D eigenvalue weighted by atomic mass is 10.1. The molecule has 4 aromatic rings. The third-order valence-corrected chi connectivity index (χ3v) is 4.73. The van der Waals surface area contributed by atoms with Crippen LogP contribution in [0.2, 0.25) is 0 Å². The Morgan fingerprint density at radius 3 is 2.14 bits per heavy atom. The number of aryl methyl sites for hydroxylation is 1. The second-order valence-electron chi connectivity index (χ2n) is 7.46. The molecule has 178 valence electrons. The molecule has 2 amide bonds. The Morgan fingerprint density at radius 2 is 1.43 bits per heavy atom. The van der Waals surface area contributed by atoms with Gasteiger partial charge in [-0.3, -0.25) is 0 Å². The van der Waals surface area contributed by atoms with Gasteiger partial charge in [-0.2, -0.15) is 13.2 Å². The van der Waals surface area contributed by atoms with Gasteiger partial charge in [0.05, 0.1) is 11.3 Å². The van der Waals surface area contributed by atoms with Crippen LogP contribution in [0.3, 0.4) is 0 Å². The highest BCUT2D eigenvalue weighted by Crippen LogP contribution is 2.34. The van der Waals surface area contributed by atoms with E-state index in [-0.39, 0.29) is 5.69 Å². The van der Waals surface area contributed by atoms with E-state index in [4.69, 9.17) is 0 Å². The molecule has 8 nitrogen and oxygen atoms in total. The Bertz CT molecular complexity index is 1330. The predicted octanol–water partition coefficient (Wildman–Crippen LogP) is 6.33. The maximum Gasteiger partial charge on any atom is 0.418 e. The topological polar surface area (TPSA) is 104 Å². The average Bonchev–Trinajstić information content (AvgIpc) is 2.80. The summed E-state index contributed by atoms with van der Waals surface area (Å²) in [6.45, 7) is 1.96. The van der Waals surface area contributed by atoms with Crippen molar-refractivity contribution in [3.8, 4) is 0 Å². The van der Waals surface area contributed by atoms with Crippen LogP contribution in [0.5, 0.6) is 0 Å². The van der Waals surface area contributed by atoms with Crippen LogP contribution in [0.25, 0.3) is 0 Å². The number of urea groups is 1. The molecule has 2 heterocycles. The number of hydrogen-bond acceptors (Lipinski definition) is 6. The third-order valence-electron chi connectivity index (χ3n) is 4.73. The molecule has 0 unspecified atom stereocenters. The SMILES string of the molecule is Cc1ccnc(Nc2cc(Nc3ccc(NC(=O)Nc4ccccc4C(F)(F)F)cc3)ncn2)c1. The van der Waals surface area contributed by atoms with Crippen molar-refractivity contribution in [1.29, 1.82) is 0 Å². The first-order chi connectivity index (χ1) is 16.8. The van der Waals surface area contributed by atoms with E-state index in [0.717, 1.165) is 11.6 Å². The molecule has 0 aliphatic rings. The molecule has 0 aliphatic heterocycles. The molecule has 2 aromatic heterocycles. The zero-order valence-electron chi connectivity index (χ0n) is 18.4. The molecule has 0 spiro atoms. The van der Waals surface area contributed by atoms with Gasteiger partial charge in [-0.05, 0) is 61.0 Å². The minimum Gasteiger partial charge on any atom is -0.340 e. The fraction of sp³-hybridized carbons (Fsp3) is 0.0833. The highest BCUT2D eigenvalue weighted by atomic mass is 19.4. The van der Waals surface area contributed by atoms with Crippen LogP contribution in [0.4, 0.5) is 52.5 Å². The number of pyridine rings is 1. The number of hydrogen-bond donors (Lipinski definition) is 4. The molecular weight excluding hydrogens is 459 g/mol. The molecule has 0 saturated carbocycles. The summed E-state index contributed by atoms with van der Waals surface area (Å²) in [7, 11) is 0. The van der Waals surface area contributed by atoms with E-state index >= 15 is 0 Å². The number of aromatic nitrogens is 3. The molecule has 4 N–H and O–H groups in total. The van der Waals surface area contributed by atoms with Gasteiger partial charge >= 0.3 is 12.2 Å². The minimum absolute atomic E-state index is 0.329. The number of para-hydroxylation sites is 1. The second kappa shape index (κ2) is 10.1. The van der Waals surface area contributed by atoms with E-state index in [1.807, 2.05) is 19.1 Å². The molecule has 4 rings (SSSR count). The maximum absolute atomic E-state index is 13.1. The Kier molecular flexibility index (Phi) is 6.76.